The number of benzene rings is 1. The maximum absolute atomic E-state index is 6.02. The third-order valence-electron chi connectivity index (χ3n) is 2.73. The zero-order valence-electron chi connectivity index (χ0n) is 10.9. The molecule has 1 aromatic heterocycles. The molecule has 0 fully saturated rings. The summed E-state index contributed by atoms with van der Waals surface area (Å²) >= 11 is 6.02. The zero-order chi connectivity index (χ0) is 13.8. The maximum Gasteiger partial charge on any atom is 0.182 e. The molecule has 0 saturated heterocycles. The van der Waals surface area contributed by atoms with E-state index in [0.717, 1.165) is 5.56 Å². The lowest BCUT2D eigenvalue weighted by molar-refractivity contribution is 0.115. The molecule has 0 radical (unpaired) electrons. The average Bonchev–Trinajstić information content (AvgIpc) is 2.88. The Morgan fingerprint density at radius 2 is 2.26 bits per heavy atom. The fraction of sp³-hybridized carbons (Fsp3) is 0.417. The Hall–Kier alpha value is -1.66. The van der Waals surface area contributed by atoms with Gasteiger partial charge >= 0.3 is 0 Å². The summed E-state index contributed by atoms with van der Waals surface area (Å²) in [6.07, 6.45) is 0. The van der Waals surface area contributed by atoms with E-state index in [-0.39, 0.29) is 6.04 Å². The van der Waals surface area contributed by atoms with Gasteiger partial charge in [0.25, 0.3) is 0 Å². The van der Waals surface area contributed by atoms with Gasteiger partial charge in [-0.2, -0.15) is 0 Å². The third kappa shape index (κ3) is 3.02. The van der Waals surface area contributed by atoms with Crippen molar-refractivity contribution in [2.75, 3.05) is 18.9 Å². The Kier molecular flexibility index (Phi) is 4.34. The van der Waals surface area contributed by atoms with E-state index < -0.39 is 0 Å². The molecule has 102 valence electrons. The van der Waals surface area contributed by atoms with E-state index in [1.54, 1.807) is 16.8 Å². The van der Waals surface area contributed by atoms with Crippen molar-refractivity contribution in [1.82, 2.24) is 20.2 Å². The van der Waals surface area contributed by atoms with Crippen molar-refractivity contribution in [2.24, 2.45) is 0 Å². The summed E-state index contributed by atoms with van der Waals surface area (Å²) in [5, 5.41) is 12.2. The second kappa shape index (κ2) is 5.99. The largest absolute Gasteiger partial charge is 0.398 e. The van der Waals surface area contributed by atoms with Crippen LogP contribution < -0.4 is 5.73 Å². The fourth-order valence-electron chi connectivity index (χ4n) is 1.71. The summed E-state index contributed by atoms with van der Waals surface area (Å²) in [5.41, 5.74) is 7.06. The summed E-state index contributed by atoms with van der Waals surface area (Å²) in [6, 6.07) is 5.38. The van der Waals surface area contributed by atoms with Crippen LogP contribution in [0.4, 0.5) is 5.69 Å². The lowest BCUT2D eigenvalue weighted by Gasteiger charge is -2.13. The quantitative estimate of drug-likeness (QED) is 0.850. The average molecular weight is 282 g/mol. The monoisotopic (exact) mass is 281 g/mol. The second-order valence-electron chi connectivity index (χ2n) is 4.19. The summed E-state index contributed by atoms with van der Waals surface area (Å²) in [5.74, 6) is 0.647. The van der Waals surface area contributed by atoms with E-state index >= 15 is 0 Å². The summed E-state index contributed by atoms with van der Waals surface area (Å²) in [6.45, 7) is 5.16. The number of anilines is 1. The van der Waals surface area contributed by atoms with Gasteiger partial charge in [0.1, 0.15) is 0 Å². The van der Waals surface area contributed by atoms with Crippen molar-refractivity contribution in [1.29, 1.82) is 0 Å². The van der Waals surface area contributed by atoms with Crippen LogP contribution >= 0.6 is 11.6 Å². The van der Waals surface area contributed by atoms with Gasteiger partial charge < -0.3 is 10.5 Å². The van der Waals surface area contributed by atoms with Crippen LogP contribution in [0.5, 0.6) is 0 Å². The van der Waals surface area contributed by atoms with Crippen molar-refractivity contribution < 1.29 is 4.74 Å². The molecule has 0 aliphatic carbocycles. The highest BCUT2D eigenvalue weighted by Gasteiger charge is 2.15. The normalized spacial score (nSPS) is 12.6. The lowest BCUT2D eigenvalue weighted by atomic mass is 10.2. The van der Waals surface area contributed by atoms with Gasteiger partial charge in [0.15, 0.2) is 5.82 Å². The molecule has 1 atom stereocenters. The van der Waals surface area contributed by atoms with Crippen LogP contribution in [0.3, 0.4) is 0 Å². The Morgan fingerprint density at radius 3 is 2.95 bits per heavy atom. The van der Waals surface area contributed by atoms with Crippen molar-refractivity contribution in [3.8, 4) is 11.4 Å². The van der Waals surface area contributed by atoms with E-state index in [0.29, 0.717) is 29.7 Å². The van der Waals surface area contributed by atoms with Gasteiger partial charge in [-0.15, -0.1) is 5.10 Å². The molecule has 0 saturated carbocycles. The fourth-order valence-corrected chi connectivity index (χ4v) is 1.89. The van der Waals surface area contributed by atoms with Crippen molar-refractivity contribution >= 4 is 17.3 Å². The van der Waals surface area contributed by atoms with Crippen LogP contribution in [-0.4, -0.2) is 33.4 Å². The Labute approximate surface area is 116 Å². The first-order valence-corrected chi connectivity index (χ1v) is 6.42. The van der Waals surface area contributed by atoms with Gasteiger partial charge in [0, 0.05) is 12.2 Å². The molecular weight excluding hydrogens is 266 g/mol. The van der Waals surface area contributed by atoms with E-state index in [2.05, 4.69) is 15.5 Å². The van der Waals surface area contributed by atoms with Crippen molar-refractivity contribution in [3.05, 3.63) is 23.2 Å². The highest BCUT2D eigenvalue weighted by atomic mass is 35.5. The van der Waals surface area contributed by atoms with Gasteiger partial charge in [-0.25, -0.2) is 4.68 Å². The SMILES string of the molecule is CCOCC(C)n1nnnc1-c1ccc(N)c(Cl)c1. The molecule has 1 unspecified atom stereocenters. The minimum Gasteiger partial charge on any atom is -0.398 e. The molecule has 19 heavy (non-hydrogen) atoms. The number of nitrogens with two attached hydrogens (primary N) is 1. The third-order valence-corrected chi connectivity index (χ3v) is 3.06. The molecular formula is C12H16ClN5O. The number of nitrogen functional groups attached to an aromatic ring is 1. The molecule has 0 bridgehead atoms. The minimum atomic E-state index is 0.0429. The first-order valence-electron chi connectivity index (χ1n) is 6.04. The number of ether oxygens (including phenoxy) is 1. The molecule has 0 spiro atoms. The number of tetrazole rings is 1. The van der Waals surface area contributed by atoms with Gasteiger partial charge in [0.05, 0.1) is 23.4 Å². The van der Waals surface area contributed by atoms with E-state index in [1.165, 1.54) is 0 Å². The van der Waals surface area contributed by atoms with Gasteiger partial charge in [-0.1, -0.05) is 11.6 Å². The van der Waals surface area contributed by atoms with E-state index in [1.807, 2.05) is 19.9 Å². The number of hydrogen-bond acceptors (Lipinski definition) is 5. The van der Waals surface area contributed by atoms with E-state index in [9.17, 15) is 0 Å². The minimum absolute atomic E-state index is 0.0429. The van der Waals surface area contributed by atoms with Gasteiger partial charge in [-0.3, -0.25) is 0 Å². The van der Waals surface area contributed by atoms with Gasteiger partial charge in [-0.05, 0) is 42.5 Å². The number of rotatable bonds is 5. The maximum atomic E-state index is 6.02. The van der Waals surface area contributed by atoms with Gasteiger partial charge in [0.2, 0.25) is 0 Å². The molecule has 2 aromatic rings. The summed E-state index contributed by atoms with van der Waals surface area (Å²) < 4.78 is 7.11. The van der Waals surface area contributed by atoms with Crippen molar-refractivity contribution in [3.63, 3.8) is 0 Å². The zero-order valence-corrected chi connectivity index (χ0v) is 11.6. The topological polar surface area (TPSA) is 78.8 Å². The molecule has 0 aliphatic heterocycles. The highest BCUT2D eigenvalue weighted by molar-refractivity contribution is 6.33. The molecule has 0 amide bonds. The number of hydrogen-bond donors (Lipinski definition) is 1. The van der Waals surface area contributed by atoms with Crippen LogP contribution in [0.15, 0.2) is 18.2 Å². The highest BCUT2D eigenvalue weighted by Crippen LogP contribution is 2.26. The lowest BCUT2D eigenvalue weighted by Crippen LogP contribution is -2.15. The predicted octanol–water partition coefficient (Wildman–Crippen LogP) is 2.17. The Morgan fingerprint density at radius 1 is 1.47 bits per heavy atom. The first-order chi connectivity index (χ1) is 9.13. The standard InChI is InChI=1S/C12H16ClN5O/c1-3-19-7-8(2)18-12(15-16-17-18)9-4-5-11(14)10(13)6-9/h4-6,8H,3,7,14H2,1-2H3. The number of aromatic nitrogens is 4. The number of halogens is 1. The smallest absolute Gasteiger partial charge is 0.182 e. The molecule has 7 heteroatoms. The van der Waals surface area contributed by atoms with Crippen LogP contribution in [-0.2, 0) is 4.74 Å². The van der Waals surface area contributed by atoms with Crippen molar-refractivity contribution in [2.45, 2.75) is 19.9 Å². The molecule has 1 aromatic carbocycles. The van der Waals surface area contributed by atoms with Crippen LogP contribution in [0.2, 0.25) is 5.02 Å². The van der Waals surface area contributed by atoms with Crippen LogP contribution in [0, 0.1) is 0 Å². The molecule has 6 nitrogen and oxygen atoms in total. The molecule has 2 N–H and O–H groups in total. The molecule has 0 aliphatic rings. The summed E-state index contributed by atoms with van der Waals surface area (Å²) in [7, 11) is 0. The Bertz CT molecular complexity index is 557. The number of nitrogens with zero attached hydrogens (tertiary/aromatic N) is 4. The molecule has 1 heterocycles. The van der Waals surface area contributed by atoms with E-state index in [4.69, 9.17) is 22.1 Å². The Balaban J connectivity index is 2.30. The van der Waals surface area contributed by atoms with Crippen LogP contribution in [0.1, 0.15) is 19.9 Å². The molecule has 2 rings (SSSR count). The second-order valence-corrected chi connectivity index (χ2v) is 4.60. The summed E-state index contributed by atoms with van der Waals surface area (Å²) in [4.78, 5) is 0. The first kappa shape index (κ1) is 13.8. The van der Waals surface area contributed by atoms with Crippen LogP contribution in [0.25, 0.3) is 11.4 Å². The predicted molar refractivity (Wildman–Crippen MR) is 73.9 cm³/mol.